The zero-order chi connectivity index (χ0) is 26.4. The summed E-state index contributed by atoms with van der Waals surface area (Å²) in [5.41, 5.74) is 2.66. The molecule has 1 amide bonds. The van der Waals surface area contributed by atoms with Crippen molar-refractivity contribution in [2.24, 2.45) is 7.05 Å². The van der Waals surface area contributed by atoms with E-state index in [-0.39, 0.29) is 29.5 Å². The second-order valence-electron chi connectivity index (χ2n) is 8.52. The molecule has 1 aliphatic heterocycles. The molecule has 0 aliphatic carbocycles. The number of aryl methyl sites for hydroxylation is 2. The third-order valence-corrected chi connectivity index (χ3v) is 6.76. The Balaban J connectivity index is 1.65. The molecule has 0 saturated carbocycles. The summed E-state index contributed by atoms with van der Waals surface area (Å²) in [4.78, 5) is 12.9. The average molecular weight is 527 g/mol. The minimum Gasteiger partial charge on any atom is -0.493 e. The molecule has 4 rings (SSSR count). The Bertz CT molecular complexity index is 1300. The number of alkyl halides is 3. The lowest BCUT2D eigenvalue weighted by Crippen LogP contribution is -2.36. The van der Waals surface area contributed by atoms with Crippen LogP contribution in [-0.4, -0.2) is 45.9 Å². The third-order valence-electron chi connectivity index (χ3n) is 6.41. The maximum absolute atomic E-state index is 14.1. The Kier molecular flexibility index (Phi) is 6.82. The molecule has 9 nitrogen and oxygen atoms in total. The molecule has 2 N–H and O–H groups in total. The number of fused-ring (bicyclic) bond motifs is 1. The Morgan fingerprint density at radius 1 is 1.22 bits per heavy atom. The fourth-order valence-electron chi connectivity index (χ4n) is 4.35. The quantitative estimate of drug-likeness (QED) is 0.491. The van der Waals surface area contributed by atoms with Gasteiger partial charge in [0.2, 0.25) is 0 Å². The number of ether oxygens (including phenoxy) is 2. The number of carbonyl (C=O) groups is 1. The molecule has 0 fully saturated rings. The van der Waals surface area contributed by atoms with Crippen molar-refractivity contribution in [3.05, 3.63) is 51.4 Å². The lowest BCUT2D eigenvalue weighted by atomic mass is 9.96. The molecular formula is C23H26ClF3N6O3. The Morgan fingerprint density at radius 3 is 2.50 bits per heavy atom. The molecule has 0 saturated heterocycles. The Morgan fingerprint density at radius 2 is 1.92 bits per heavy atom. The van der Waals surface area contributed by atoms with Gasteiger partial charge in [0.15, 0.2) is 23.2 Å². The van der Waals surface area contributed by atoms with Crippen molar-refractivity contribution in [2.45, 2.75) is 45.1 Å². The van der Waals surface area contributed by atoms with Crippen LogP contribution in [0, 0.1) is 13.8 Å². The van der Waals surface area contributed by atoms with Crippen molar-refractivity contribution in [3.8, 4) is 11.5 Å². The zero-order valence-electron chi connectivity index (χ0n) is 20.3. The highest BCUT2D eigenvalue weighted by molar-refractivity contribution is 6.36. The summed E-state index contributed by atoms with van der Waals surface area (Å²) in [6.07, 6.45) is -4.99. The molecule has 3 heterocycles. The van der Waals surface area contributed by atoms with Crippen LogP contribution in [0.25, 0.3) is 0 Å². The summed E-state index contributed by atoms with van der Waals surface area (Å²) in [5.74, 6) is 0.0657. The zero-order valence-corrected chi connectivity index (χ0v) is 21.1. The highest BCUT2D eigenvalue weighted by Gasteiger charge is 2.48. The molecule has 3 aromatic rings. The van der Waals surface area contributed by atoms with Gasteiger partial charge < -0.3 is 20.1 Å². The number of amides is 1. The van der Waals surface area contributed by atoms with Crippen LogP contribution < -0.4 is 20.1 Å². The third kappa shape index (κ3) is 4.57. The first kappa shape index (κ1) is 25.7. The van der Waals surface area contributed by atoms with Crippen LogP contribution in [-0.2, 0) is 13.6 Å². The lowest BCUT2D eigenvalue weighted by Gasteiger charge is -2.33. The van der Waals surface area contributed by atoms with Crippen molar-refractivity contribution in [1.29, 1.82) is 0 Å². The van der Waals surface area contributed by atoms with Crippen LogP contribution >= 0.6 is 11.6 Å². The van der Waals surface area contributed by atoms with Crippen molar-refractivity contribution in [1.82, 2.24) is 24.9 Å². The Labute approximate surface area is 210 Å². The fourth-order valence-corrected chi connectivity index (χ4v) is 4.61. The van der Waals surface area contributed by atoms with Gasteiger partial charge in [-0.15, -0.1) is 0 Å². The molecule has 13 heteroatoms. The monoisotopic (exact) mass is 526 g/mol. The van der Waals surface area contributed by atoms with Crippen molar-refractivity contribution >= 4 is 23.3 Å². The van der Waals surface area contributed by atoms with Gasteiger partial charge in [-0.2, -0.15) is 23.4 Å². The number of nitrogens with zero attached hydrogens (tertiary/aromatic N) is 4. The van der Waals surface area contributed by atoms with E-state index >= 15 is 0 Å². The number of hydrogen-bond acceptors (Lipinski definition) is 6. The molecule has 0 unspecified atom stereocenters. The van der Waals surface area contributed by atoms with Gasteiger partial charge in [0.25, 0.3) is 5.91 Å². The van der Waals surface area contributed by atoms with Gasteiger partial charge in [0, 0.05) is 31.3 Å². The number of aromatic nitrogens is 4. The number of methoxy groups -OCH3 is 2. The number of rotatable bonds is 6. The van der Waals surface area contributed by atoms with E-state index in [0.717, 1.165) is 21.6 Å². The lowest BCUT2D eigenvalue weighted by molar-refractivity contribution is -0.173. The van der Waals surface area contributed by atoms with Crippen molar-refractivity contribution in [2.75, 3.05) is 19.5 Å². The van der Waals surface area contributed by atoms with Gasteiger partial charge in [0.05, 0.1) is 26.0 Å². The normalized spacial score (nSPS) is 17.4. The van der Waals surface area contributed by atoms with Crippen LogP contribution in [0.15, 0.2) is 18.2 Å². The van der Waals surface area contributed by atoms with Gasteiger partial charge in [0.1, 0.15) is 10.8 Å². The van der Waals surface area contributed by atoms with Crippen LogP contribution in [0.5, 0.6) is 11.5 Å². The van der Waals surface area contributed by atoms with E-state index in [4.69, 9.17) is 21.1 Å². The molecule has 2 atom stereocenters. The molecule has 2 aromatic heterocycles. The van der Waals surface area contributed by atoms with E-state index in [1.54, 1.807) is 29.9 Å². The summed E-state index contributed by atoms with van der Waals surface area (Å²) in [5, 5.41) is 13.8. The van der Waals surface area contributed by atoms with Crippen LogP contribution in [0.3, 0.4) is 0 Å². The van der Waals surface area contributed by atoms with E-state index in [0.29, 0.717) is 17.1 Å². The summed E-state index contributed by atoms with van der Waals surface area (Å²) >= 11 is 6.42. The highest BCUT2D eigenvalue weighted by Crippen LogP contribution is 2.47. The number of nitrogens with one attached hydrogen (secondary N) is 2. The first-order valence-electron chi connectivity index (χ1n) is 11.1. The minimum absolute atomic E-state index is 0.0797. The van der Waals surface area contributed by atoms with Crippen molar-refractivity contribution < 1.29 is 27.4 Å². The SMILES string of the molecule is COc1ccc([C@@H]2C[C@@H](C(F)(F)F)n3nc(C(=O)NCc4c(C)nn(C)c4C)c(Cl)c3N2)cc1OC. The number of halogens is 4. The molecule has 0 spiro atoms. The molecule has 36 heavy (non-hydrogen) atoms. The largest absolute Gasteiger partial charge is 0.493 e. The van der Waals surface area contributed by atoms with Gasteiger partial charge in [-0.3, -0.25) is 9.48 Å². The number of hydrogen-bond donors (Lipinski definition) is 2. The summed E-state index contributed by atoms with van der Waals surface area (Å²) in [6.45, 7) is 3.80. The summed E-state index contributed by atoms with van der Waals surface area (Å²) < 4.78 is 55.2. The standard InChI is InChI=1S/C23H26ClF3N6O3/c1-11-14(12(2)32(3)30-11)10-28-22(34)20-19(24)21-29-15(9-18(23(25,26)27)33(21)31-20)13-6-7-16(35-4)17(8-13)36-5/h6-8,15,18,29H,9-10H2,1-5H3,(H,28,34)/t15-,18-/m0/s1. The van der Waals surface area contributed by atoms with Crippen LogP contribution in [0.2, 0.25) is 5.02 Å². The number of anilines is 1. The predicted molar refractivity (Wildman–Crippen MR) is 127 cm³/mol. The number of benzene rings is 1. The first-order chi connectivity index (χ1) is 17.0. The maximum Gasteiger partial charge on any atom is 0.410 e. The number of carbonyl (C=O) groups excluding carboxylic acids is 1. The van der Waals surface area contributed by atoms with Gasteiger partial charge in [-0.1, -0.05) is 17.7 Å². The molecule has 1 aliphatic rings. The molecule has 194 valence electrons. The summed E-state index contributed by atoms with van der Waals surface area (Å²) in [7, 11) is 4.70. The highest BCUT2D eigenvalue weighted by atomic mass is 35.5. The van der Waals surface area contributed by atoms with Gasteiger partial charge >= 0.3 is 6.18 Å². The van der Waals surface area contributed by atoms with Crippen molar-refractivity contribution in [3.63, 3.8) is 0 Å². The molecular weight excluding hydrogens is 501 g/mol. The second kappa shape index (κ2) is 9.57. The maximum atomic E-state index is 14.1. The molecule has 0 bridgehead atoms. The van der Waals surface area contributed by atoms with Crippen LogP contribution in [0.4, 0.5) is 19.0 Å². The van der Waals surface area contributed by atoms with Crippen LogP contribution in [0.1, 0.15) is 51.5 Å². The van der Waals surface area contributed by atoms with E-state index in [1.165, 1.54) is 14.2 Å². The Hall–Kier alpha value is -3.41. The molecule has 1 aromatic carbocycles. The van der Waals surface area contributed by atoms with Gasteiger partial charge in [-0.05, 0) is 31.5 Å². The van der Waals surface area contributed by atoms with E-state index in [1.807, 2.05) is 13.8 Å². The fraction of sp³-hybridized carbons (Fsp3) is 0.435. The first-order valence-corrected chi connectivity index (χ1v) is 11.4. The summed E-state index contributed by atoms with van der Waals surface area (Å²) in [6, 6.07) is 2.12. The predicted octanol–water partition coefficient (Wildman–Crippen LogP) is 4.49. The average Bonchev–Trinajstić information content (AvgIpc) is 3.30. The minimum atomic E-state index is -4.63. The molecule has 0 radical (unpaired) electrons. The van der Waals surface area contributed by atoms with E-state index < -0.39 is 24.2 Å². The van der Waals surface area contributed by atoms with E-state index in [2.05, 4.69) is 20.8 Å². The smallest absolute Gasteiger partial charge is 0.410 e. The topological polar surface area (TPSA) is 95.2 Å². The second-order valence-corrected chi connectivity index (χ2v) is 8.89. The van der Waals surface area contributed by atoms with E-state index in [9.17, 15) is 18.0 Å². The van der Waals surface area contributed by atoms with Gasteiger partial charge in [-0.25, -0.2) is 4.68 Å².